The number of halogens is 6. The summed E-state index contributed by atoms with van der Waals surface area (Å²) < 4.78 is 78.4. The van der Waals surface area contributed by atoms with Crippen LogP contribution in [0.2, 0.25) is 0 Å². The molecular weight excluding hydrogens is 478 g/mol. The van der Waals surface area contributed by atoms with Crippen LogP contribution in [0.15, 0.2) is 71.9 Å². The van der Waals surface area contributed by atoms with E-state index >= 15 is 0 Å². The highest BCUT2D eigenvalue weighted by Crippen LogP contribution is 2.37. The van der Waals surface area contributed by atoms with Gasteiger partial charge in [-0.3, -0.25) is 4.79 Å². The Kier molecular flexibility index (Phi) is 7.37. The molecule has 3 aromatic rings. The predicted molar refractivity (Wildman–Crippen MR) is 116 cm³/mol. The molecule has 0 aliphatic carbocycles. The first-order valence-corrected chi connectivity index (χ1v) is 9.99. The lowest BCUT2D eigenvalue weighted by atomic mass is 10.0. The molecule has 5 nitrogen and oxygen atoms in total. The van der Waals surface area contributed by atoms with Gasteiger partial charge < -0.3 is 15.3 Å². The Hall–Kier alpha value is -4.02. The molecule has 3 rings (SSSR count). The number of anilines is 1. The largest absolute Gasteiger partial charge is 0.507 e. The number of phenols is 1. The maximum Gasteiger partial charge on any atom is 0.416 e. The summed E-state index contributed by atoms with van der Waals surface area (Å²) in [7, 11) is 0. The number of benzene rings is 3. The van der Waals surface area contributed by atoms with E-state index in [0.717, 1.165) is 11.6 Å². The van der Waals surface area contributed by atoms with Gasteiger partial charge in [-0.15, -0.1) is 0 Å². The zero-order valence-corrected chi connectivity index (χ0v) is 18.0. The highest BCUT2D eigenvalue weighted by molar-refractivity contribution is 6.08. The molecule has 2 N–H and O–H groups in total. The molecule has 0 fully saturated rings. The molecular formula is C24H18F6N2O3. The predicted octanol–water partition coefficient (Wildman–Crippen LogP) is 6.62. The van der Waals surface area contributed by atoms with E-state index < -0.39 is 40.8 Å². The number of hydrogen-bond donors (Lipinski definition) is 2. The van der Waals surface area contributed by atoms with Crippen molar-refractivity contribution in [2.45, 2.75) is 25.9 Å². The van der Waals surface area contributed by atoms with Crippen LogP contribution in [0, 0.1) is 0 Å². The van der Waals surface area contributed by atoms with Crippen molar-refractivity contribution in [3.8, 4) is 5.75 Å². The van der Waals surface area contributed by atoms with Crippen LogP contribution < -0.4 is 5.32 Å². The molecule has 35 heavy (non-hydrogen) atoms. The van der Waals surface area contributed by atoms with Gasteiger partial charge in [0, 0.05) is 11.3 Å². The number of aromatic hydroxyl groups is 1. The molecule has 0 radical (unpaired) electrons. The molecule has 184 valence electrons. The van der Waals surface area contributed by atoms with Crippen LogP contribution in [0.3, 0.4) is 0 Å². The fourth-order valence-electron chi connectivity index (χ4n) is 3.00. The van der Waals surface area contributed by atoms with Gasteiger partial charge in [0.1, 0.15) is 12.4 Å². The van der Waals surface area contributed by atoms with Crippen molar-refractivity contribution < 1.29 is 41.1 Å². The minimum atomic E-state index is -5.07. The Labute approximate surface area is 195 Å². The van der Waals surface area contributed by atoms with Gasteiger partial charge >= 0.3 is 12.4 Å². The van der Waals surface area contributed by atoms with Crippen LogP contribution in [-0.4, -0.2) is 16.7 Å². The Balaban J connectivity index is 1.83. The molecule has 11 heteroatoms. The van der Waals surface area contributed by atoms with Crippen LogP contribution in [0.5, 0.6) is 5.75 Å². The molecule has 0 atom stereocenters. The summed E-state index contributed by atoms with van der Waals surface area (Å²) in [5, 5.41) is 16.0. The van der Waals surface area contributed by atoms with Crippen molar-refractivity contribution >= 4 is 17.3 Å². The molecule has 0 aliphatic heterocycles. The zero-order valence-electron chi connectivity index (χ0n) is 18.0. The van der Waals surface area contributed by atoms with E-state index in [4.69, 9.17) is 4.84 Å². The van der Waals surface area contributed by atoms with Gasteiger partial charge in [0.25, 0.3) is 5.91 Å². The topological polar surface area (TPSA) is 70.9 Å². The Morgan fingerprint density at radius 1 is 0.914 bits per heavy atom. The average molecular weight is 496 g/mol. The summed E-state index contributed by atoms with van der Waals surface area (Å²) in [5.74, 6) is -1.65. The zero-order chi connectivity index (χ0) is 25.8. The molecule has 0 heterocycles. The molecule has 0 aliphatic rings. The number of carbonyl (C=O) groups is 1. The fraction of sp³-hybridized carbons (Fsp3) is 0.167. The van der Waals surface area contributed by atoms with E-state index in [0.29, 0.717) is 23.4 Å². The third-order valence-corrected chi connectivity index (χ3v) is 4.78. The van der Waals surface area contributed by atoms with E-state index in [1.807, 2.05) is 35.6 Å². The Morgan fingerprint density at radius 2 is 1.51 bits per heavy atom. The van der Waals surface area contributed by atoms with Crippen LogP contribution >= 0.6 is 0 Å². The first-order chi connectivity index (χ1) is 16.3. The number of phenolic OH excluding ortho intramolecular Hbond substituents is 1. The quantitative estimate of drug-likeness (QED) is 0.229. The lowest BCUT2D eigenvalue weighted by Crippen LogP contribution is -2.16. The third-order valence-electron chi connectivity index (χ3n) is 4.78. The van der Waals surface area contributed by atoms with Crippen LogP contribution in [0.1, 0.15) is 39.5 Å². The molecule has 0 bridgehead atoms. The molecule has 1 amide bonds. The van der Waals surface area contributed by atoms with Gasteiger partial charge in [0.15, 0.2) is 0 Å². The van der Waals surface area contributed by atoms with Gasteiger partial charge in [-0.05, 0) is 48.9 Å². The van der Waals surface area contributed by atoms with E-state index in [1.165, 1.54) is 12.1 Å². The van der Waals surface area contributed by atoms with Crippen molar-refractivity contribution in [2.75, 3.05) is 5.32 Å². The third kappa shape index (κ3) is 6.75. The van der Waals surface area contributed by atoms with E-state index in [9.17, 15) is 36.2 Å². The molecule has 0 spiro atoms. The SMILES string of the molecule is CC(=NOCc1ccccc1)c1ccc(O)c(C(=O)Nc2cc(C(F)(F)F)cc(C(F)(F)F)c2)c1. The first-order valence-electron chi connectivity index (χ1n) is 9.99. The number of nitrogens with one attached hydrogen (secondary N) is 1. The molecule has 3 aromatic carbocycles. The number of hydrogen-bond acceptors (Lipinski definition) is 4. The number of alkyl halides is 6. The lowest BCUT2D eigenvalue weighted by Gasteiger charge is -2.15. The van der Waals surface area contributed by atoms with Gasteiger partial charge in [0.2, 0.25) is 0 Å². The van der Waals surface area contributed by atoms with E-state index in [2.05, 4.69) is 5.16 Å². The van der Waals surface area contributed by atoms with Gasteiger partial charge in [0.05, 0.1) is 22.4 Å². The monoisotopic (exact) mass is 496 g/mol. The molecule has 0 unspecified atom stereocenters. The van der Waals surface area contributed by atoms with Gasteiger partial charge in [-0.2, -0.15) is 26.3 Å². The van der Waals surface area contributed by atoms with E-state index in [-0.39, 0.29) is 18.2 Å². The van der Waals surface area contributed by atoms with Crippen LogP contribution in [0.4, 0.5) is 32.0 Å². The summed E-state index contributed by atoms with van der Waals surface area (Å²) in [6.07, 6.45) is -10.1. The number of rotatable bonds is 6. The maximum atomic E-state index is 13.1. The van der Waals surface area contributed by atoms with Gasteiger partial charge in [-0.1, -0.05) is 35.5 Å². The fourth-order valence-corrected chi connectivity index (χ4v) is 3.00. The van der Waals surface area contributed by atoms with E-state index in [1.54, 1.807) is 6.92 Å². The lowest BCUT2D eigenvalue weighted by molar-refractivity contribution is -0.143. The Morgan fingerprint density at radius 3 is 2.09 bits per heavy atom. The Bertz CT molecular complexity index is 1210. The summed E-state index contributed by atoms with van der Waals surface area (Å²) in [5.41, 5.74) is -2.79. The summed E-state index contributed by atoms with van der Waals surface area (Å²) in [6, 6.07) is 13.6. The number of amides is 1. The minimum absolute atomic E-state index is 0.0526. The smallest absolute Gasteiger partial charge is 0.416 e. The number of carbonyl (C=O) groups excluding carboxylic acids is 1. The second-order valence-corrected chi connectivity index (χ2v) is 7.42. The van der Waals surface area contributed by atoms with Gasteiger partial charge in [-0.25, -0.2) is 0 Å². The summed E-state index contributed by atoms with van der Waals surface area (Å²) >= 11 is 0. The van der Waals surface area contributed by atoms with Crippen molar-refractivity contribution in [3.05, 3.63) is 94.5 Å². The number of oxime groups is 1. The highest BCUT2D eigenvalue weighted by atomic mass is 19.4. The van der Waals surface area contributed by atoms with Crippen molar-refractivity contribution in [2.24, 2.45) is 5.16 Å². The highest BCUT2D eigenvalue weighted by Gasteiger charge is 2.37. The van der Waals surface area contributed by atoms with Crippen molar-refractivity contribution in [1.82, 2.24) is 0 Å². The first kappa shape index (κ1) is 25.6. The summed E-state index contributed by atoms with van der Waals surface area (Å²) in [4.78, 5) is 17.9. The van der Waals surface area contributed by atoms with Crippen molar-refractivity contribution in [3.63, 3.8) is 0 Å². The van der Waals surface area contributed by atoms with Crippen LogP contribution in [0.25, 0.3) is 0 Å². The standard InChI is InChI=1S/C24H18F6N2O3/c1-14(32-35-13-15-5-3-2-4-6-15)16-7-8-21(33)20(9-16)22(34)31-19-11-17(23(25,26)27)10-18(12-19)24(28,29)30/h2-12,33H,13H2,1H3,(H,31,34). The van der Waals surface area contributed by atoms with Crippen LogP contribution in [-0.2, 0) is 23.8 Å². The second kappa shape index (κ2) is 10.1. The normalized spacial score (nSPS) is 12.4. The maximum absolute atomic E-state index is 13.1. The molecule has 0 aromatic heterocycles. The second-order valence-electron chi connectivity index (χ2n) is 7.42. The minimum Gasteiger partial charge on any atom is -0.507 e. The number of nitrogens with zero attached hydrogens (tertiary/aromatic N) is 1. The van der Waals surface area contributed by atoms with Crippen molar-refractivity contribution in [1.29, 1.82) is 0 Å². The average Bonchev–Trinajstić information content (AvgIpc) is 2.78. The molecule has 0 saturated carbocycles. The summed E-state index contributed by atoms with van der Waals surface area (Å²) in [6.45, 7) is 1.72. The molecule has 0 saturated heterocycles.